The fourth-order valence-corrected chi connectivity index (χ4v) is 4.74. The van der Waals surface area contributed by atoms with Crippen molar-refractivity contribution in [1.82, 2.24) is 10.2 Å². The molecular formula is C19H21N3O2S3. The van der Waals surface area contributed by atoms with E-state index in [0.29, 0.717) is 33.8 Å². The van der Waals surface area contributed by atoms with E-state index in [4.69, 9.17) is 12.2 Å². The molecule has 5 nitrogen and oxygen atoms in total. The molecule has 2 aliphatic rings. The molecule has 0 bridgehead atoms. The number of thioether (sulfide) groups is 2. The van der Waals surface area contributed by atoms with Gasteiger partial charge < -0.3 is 5.32 Å². The van der Waals surface area contributed by atoms with Gasteiger partial charge in [0.25, 0.3) is 5.91 Å². The Balaban J connectivity index is 1.52. The summed E-state index contributed by atoms with van der Waals surface area (Å²) in [5.74, 6) is 0.764. The van der Waals surface area contributed by atoms with Gasteiger partial charge >= 0.3 is 0 Å². The number of nitrogens with zero attached hydrogens (tertiary/aromatic N) is 2. The number of amides is 2. The van der Waals surface area contributed by atoms with Crippen LogP contribution in [-0.2, 0) is 16.0 Å². The fraction of sp³-hybridized carbons (Fsp3) is 0.368. The number of hydrogen-bond donors (Lipinski definition) is 1. The van der Waals surface area contributed by atoms with Crippen LogP contribution in [0.5, 0.6) is 0 Å². The minimum Gasteiger partial charge on any atom is -0.305 e. The van der Waals surface area contributed by atoms with Crippen molar-refractivity contribution in [2.45, 2.75) is 26.2 Å². The SMILES string of the molecule is CCc1ccc(/C=C2\SC(=S)N(CCCC(=O)NC3=NCCS3)C2=O)cc1. The third-order valence-electron chi connectivity index (χ3n) is 4.18. The molecule has 1 N–H and O–H groups in total. The van der Waals surface area contributed by atoms with Gasteiger partial charge in [0.1, 0.15) is 4.32 Å². The van der Waals surface area contributed by atoms with E-state index in [9.17, 15) is 9.59 Å². The molecule has 2 aliphatic heterocycles. The molecule has 142 valence electrons. The van der Waals surface area contributed by atoms with Crippen molar-refractivity contribution in [1.29, 1.82) is 0 Å². The fourth-order valence-electron chi connectivity index (χ4n) is 2.68. The summed E-state index contributed by atoms with van der Waals surface area (Å²) in [6.07, 6.45) is 3.77. The molecule has 27 heavy (non-hydrogen) atoms. The number of benzene rings is 1. The van der Waals surface area contributed by atoms with E-state index in [1.54, 1.807) is 16.7 Å². The van der Waals surface area contributed by atoms with Gasteiger partial charge in [-0.1, -0.05) is 66.9 Å². The standard InChI is InChI=1S/C19H21N3O2S3/c1-2-13-5-7-14(8-6-13)12-15-17(24)22(19(25)27-15)10-3-4-16(23)21-18-20-9-11-26-18/h5-8,12H,2-4,9-11H2,1H3,(H,20,21,23)/b15-12-. The molecular weight excluding hydrogens is 398 g/mol. The van der Waals surface area contributed by atoms with Gasteiger partial charge in [0, 0.05) is 18.7 Å². The molecule has 8 heteroatoms. The van der Waals surface area contributed by atoms with Crippen molar-refractivity contribution in [3.63, 3.8) is 0 Å². The molecule has 3 rings (SSSR count). The van der Waals surface area contributed by atoms with Gasteiger partial charge in [-0.15, -0.1) is 0 Å². The van der Waals surface area contributed by atoms with Crippen LogP contribution >= 0.6 is 35.7 Å². The summed E-state index contributed by atoms with van der Waals surface area (Å²) in [6.45, 7) is 3.31. The van der Waals surface area contributed by atoms with Crippen LogP contribution in [0, 0.1) is 0 Å². The van der Waals surface area contributed by atoms with Crippen LogP contribution in [0.1, 0.15) is 30.9 Å². The molecule has 2 heterocycles. The zero-order valence-corrected chi connectivity index (χ0v) is 17.5. The Kier molecular flexibility index (Phi) is 7.09. The van der Waals surface area contributed by atoms with Crippen molar-refractivity contribution < 1.29 is 9.59 Å². The minimum absolute atomic E-state index is 0.0693. The molecule has 2 amide bonds. The van der Waals surface area contributed by atoms with Crippen molar-refractivity contribution in [3.05, 3.63) is 40.3 Å². The van der Waals surface area contributed by atoms with E-state index >= 15 is 0 Å². The molecule has 1 aromatic rings. The number of nitrogens with one attached hydrogen (secondary N) is 1. The third-order valence-corrected chi connectivity index (χ3v) is 6.45. The lowest BCUT2D eigenvalue weighted by atomic mass is 10.1. The van der Waals surface area contributed by atoms with E-state index < -0.39 is 0 Å². The molecule has 0 aliphatic carbocycles. The molecule has 1 saturated heterocycles. The Morgan fingerprint density at radius 3 is 2.81 bits per heavy atom. The maximum atomic E-state index is 12.6. The molecule has 0 unspecified atom stereocenters. The molecule has 0 atom stereocenters. The summed E-state index contributed by atoms with van der Waals surface area (Å²) in [6, 6.07) is 8.16. The predicted molar refractivity (Wildman–Crippen MR) is 118 cm³/mol. The van der Waals surface area contributed by atoms with E-state index in [1.807, 2.05) is 18.2 Å². The van der Waals surface area contributed by atoms with Crippen LogP contribution in [-0.4, -0.2) is 45.0 Å². The zero-order valence-electron chi connectivity index (χ0n) is 15.1. The van der Waals surface area contributed by atoms with Gasteiger partial charge in [0.2, 0.25) is 5.91 Å². The van der Waals surface area contributed by atoms with E-state index in [1.165, 1.54) is 17.3 Å². The van der Waals surface area contributed by atoms with Crippen LogP contribution in [0.4, 0.5) is 0 Å². The second-order valence-electron chi connectivity index (χ2n) is 6.12. The first-order valence-electron chi connectivity index (χ1n) is 8.88. The van der Waals surface area contributed by atoms with E-state index in [2.05, 4.69) is 29.4 Å². The van der Waals surface area contributed by atoms with Gasteiger partial charge in [-0.05, 0) is 30.0 Å². The Hall–Kier alpha value is -1.64. The summed E-state index contributed by atoms with van der Waals surface area (Å²) in [4.78, 5) is 31.0. The first-order chi connectivity index (χ1) is 13.1. The van der Waals surface area contributed by atoms with Crippen LogP contribution in [0.3, 0.4) is 0 Å². The highest BCUT2D eigenvalue weighted by Gasteiger charge is 2.31. The Morgan fingerprint density at radius 2 is 2.15 bits per heavy atom. The highest BCUT2D eigenvalue weighted by molar-refractivity contribution is 8.26. The first-order valence-corrected chi connectivity index (χ1v) is 11.1. The Bertz CT molecular complexity index is 803. The number of carbonyl (C=O) groups is 2. The second-order valence-corrected chi connectivity index (χ2v) is 8.87. The van der Waals surface area contributed by atoms with E-state index in [-0.39, 0.29) is 11.8 Å². The van der Waals surface area contributed by atoms with Crippen molar-refractivity contribution in [3.8, 4) is 0 Å². The smallest absolute Gasteiger partial charge is 0.266 e. The monoisotopic (exact) mass is 419 g/mol. The van der Waals surface area contributed by atoms with Gasteiger partial charge in [0.05, 0.1) is 11.4 Å². The van der Waals surface area contributed by atoms with Crippen LogP contribution in [0.2, 0.25) is 0 Å². The lowest BCUT2D eigenvalue weighted by Gasteiger charge is -2.14. The maximum Gasteiger partial charge on any atom is 0.266 e. The molecule has 0 radical (unpaired) electrons. The average molecular weight is 420 g/mol. The Morgan fingerprint density at radius 1 is 1.37 bits per heavy atom. The molecule has 0 spiro atoms. The average Bonchev–Trinajstić information content (AvgIpc) is 3.26. The largest absolute Gasteiger partial charge is 0.305 e. The summed E-state index contributed by atoms with van der Waals surface area (Å²) < 4.78 is 0.549. The number of aliphatic imine (C=N–C) groups is 1. The predicted octanol–water partition coefficient (Wildman–Crippen LogP) is 3.45. The Labute approximate surface area is 173 Å². The van der Waals surface area contributed by atoms with Gasteiger partial charge in [-0.2, -0.15) is 0 Å². The summed E-state index contributed by atoms with van der Waals surface area (Å²) in [5, 5.41) is 3.50. The molecule has 0 saturated carbocycles. The normalized spacial score (nSPS) is 18.3. The highest BCUT2D eigenvalue weighted by Crippen LogP contribution is 2.32. The minimum atomic E-state index is -0.0827. The van der Waals surface area contributed by atoms with Crippen LogP contribution < -0.4 is 5.32 Å². The number of thiocarbonyl (C=S) groups is 1. The number of amidine groups is 1. The number of hydrogen-bond acceptors (Lipinski definition) is 6. The summed E-state index contributed by atoms with van der Waals surface area (Å²) >= 11 is 8.22. The highest BCUT2D eigenvalue weighted by atomic mass is 32.2. The number of rotatable bonds is 6. The van der Waals surface area contributed by atoms with Gasteiger partial charge in [-0.3, -0.25) is 19.5 Å². The van der Waals surface area contributed by atoms with Crippen LogP contribution in [0.15, 0.2) is 34.2 Å². The number of aryl methyl sites for hydroxylation is 1. The van der Waals surface area contributed by atoms with Gasteiger partial charge in [-0.25, -0.2) is 0 Å². The quantitative estimate of drug-likeness (QED) is 0.565. The molecule has 1 aromatic carbocycles. The van der Waals surface area contributed by atoms with Gasteiger partial charge in [0.15, 0.2) is 5.17 Å². The summed E-state index contributed by atoms with van der Waals surface area (Å²) in [5.41, 5.74) is 2.25. The van der Waals surface area contributed by atoms with Crippen molar-refractivity contribution in [2.24, 2.45) is 4.99 Å². The zero-order chi connectivity index (χ0) is 19.2. The number of carbonyl (C=O) groups excluding carboxylic acids is 2. The molecule has 1 fully saturated rings. The summed E-state index contributed by atoms with van der Waals surface area (Å²) in [7, 11) is 0. The molecule has 0 aromatic heterocycles. The lowest BCUT2D eigenvalue weighted by molar-refractivity contribution is -0.123. The second kappa shape index (κ2) is 9.52. The van der Waals surface area contributed by atoms with Crippen LogP contribution in [0.25, 0.3) is 6.08 Å². The first kappa shape index (κ1) is 20.1. The van der Waals surface area contributed by atoms with Crippen molar-refractivity contribution >= 4 is 63.1 Å². The van der Waals surface area contributed by atoms with Crippen molar-refractivity contribution in [2.75, 3.05) is 18.8 Å². The third kappa shape index (κ3) is 5.43. The maximum absolute atomic E-state index is 12.6. The lowest BCUT2D eigenvalue weighted by Crippen LogP contribution is -2.31. The van der Waals surface area contributed by atoms with E-state index in [0.717, 1.165) is 24.3 Å². The topological polar surface area (TPSA) is 61.8 Å².